The van der Waals surface area contributed by atoms with Crippen LogP contribution in [0.1, 0.15) is 61.3 Å². The molecule has 1 aromatic carbocycles. The Morgan fingerprint density at radius 3 is 2.60 bits per heavy atom. The summed E-state index contributed by atoms with van der Waals surface area (Å²) < 4.78 is 10.5. The minimum atomic E-state index is -0.723. The fourth-order valence-electron chi connectivity index (χ4n) is 2.86. The molecule has 6 nitrogen and oxygen atoms in total. The summed E-state index contributed by atoms with van der Waals surface area (Å²) >= 11 is 0. The molecule has 1 aliphatic heterocycles. The van der Waals surface area contributed by atoms with Gasteiger partial charge in [-0.3, -0.25) is 9.59 Å². The molecular formula is C19H25NO5. The normalized spacial score (nSPS) is 16.6. The molecule has 25 heavy (non-hydrogen) atoms. The number of methoxy groups -OCH3 is 1. The van der Waals surface area contributed by atoms with E-state index in [1.807, 2.05) is 27.7 Å². The van der Waals surface area contributed by atoms with Crippen LogP contribution in [0.3, 0.4) is 0 Å². The van der Waals surface area contributed by atoms with E-state index in [0.717, 1.165) is 0 Å². The Morgan fingerprint density at radius 1 is 1.32 bits per heavy atom. The van der Waals surface area contributed by atoms with Gasteiger partial charge in [-0.05, 0) is 44.4 Å². The average Bonchev–Trinajstić information content (AvgIpc) is 2.51. The number of Topliss-reactive ketones (excluding diaryl/α,β-unsaturated/α-hetero) is 1. The molecule has 136 valence electrons. The molecule has 6 heteroatoms. The first-order chi connectivity index (χ1) is 11.6. The van der Waals surface area contributed by atoms with Crippen molar-refractivity contribution < 1.29 is 23.9 Å². The molecule has 0 aliphatic carbocycles. The van der Waals surface area contributed by atoms with Crippen LogP contribution >= 0.6 is 0 Å². The van der Waals surface area contributed by atoms with Gasteiger partial charge in [-0.2, -0.15) is 0 Å². The minimum Gasteiger partial charge on any atom is -0.487 e. The van der Waals surface area contributed by atoms with Gasteiger partial charge in [0, 0.05) is 5.56 Å². The van der Waals surface area contributed by atoms with E-state index < -0.39 is 23.5 Å². The quantitative estimate of drug-likeness (QED) is 0.828. The van der Waals surface area contributed by atoms with Crippen molar-refractivity contribution in [1.29, 1.82) is 0 Å². The van der Waals surface area contributed by atoms with Gasteiger partial charge in [0.15, 0.2) is 5.78 Å². The summed E-state index contributed by atoms with van der Waals surface area (Å²) in [5, 5.41) is 2.69. The maximum absolute atomic E-state index is 12.5. The first kappa shape index (κ1) is 19.0. The largest absolute Gasteiger partial charge is 0.487 e. The second-order valence-electron chi connectivity index (χ2n) is 7.35. The van der Waals surface area contributed by atoms with Gasteiger partial charge >= 0.3 is 5.97 Å². The van der Waals surface area contributed by atoms with Crippen molar-refractivity contribution in [2.75, 3.05) is 7.11 Å². The van der Waals surface area contributed by atoms with Crippen LogP contribution in [0.2, 0.25) is 0 Å². The van der Waals surface area contributed by atoms with Gasteiger partial charge in [-0.1, -0.05) is 13.8 Å². The number of amides is 1. The van der Waals surface area contributed by atoms with Gasteiger partial charge in [-0.25, -0.2) is 4.79 Å². The average molecular weight is 347 g/mol. The highest BCUT2D eigenvalue weighted by atomic mass is 16.5. The Morgan fingerprint density at radius 2 is 2.00 bits per heavy atom. The maximum Gasteiger partial charge on any atom is 0.328 e. The zero-order chi connectivity index (χ0) is 18.8. The van der Waals surface area contributed by atoms with Crippen molar-refractivity contribution in [3.8, 4) is 5.75 Å². The van der Waals surface area contributed by atoms with E-state index in [2.05, 4.69) is 5.32 Å². The van der Waals surface area contributed by atoms with E-state index in [1.165, 1.54) is 13.2 Å². The van der Waals surface area contributed by atoms with Crippen LogP contribution in [0.25, 0.3) is 0 Å². The molecule has 1 N–H and O–H groups in total. The van der Waals surface area contributed by atoms with Crippen molar-refractivity contribution in [2.24, 2.45) is 5.92 Å². The third-order valence-corrected chi connectivity index (χ3v) is 4.01. The highest BCUT2D eigenvalue weighted by molar-refractivity contribution is 6.04. The fourth-order valence-corrected chi connectivity index (χ4v) is 2.86. The number of hydrogen-bond donors (Lipinski definition) is 1. The van der Waals surface area contributed by atoms with E-state index in [1.54, 1.807) is 12.1 Å². The van der Waals surface area contributed by atoms with Gasteiger partial charge < -0.3 is 14.8 Å². The molecule has 0 spiro atoms. The Labute approximate surface area is 147 Å². The van der Waals surface area contributed by atoms with E-state index in [4.69, 9.17) is 9.47 Å². The molecule has 2 rings (SSSR count). The summed E-state index contributed by atoms with van der Waals surface area (Å²) in [6.45, 7) is 7.61. The number of benzene rings is 1. The molecule has 1 aromatic rings. The topological polar surface area (TPSA) is 81.7 Å². The highest BCUT2D eigenvalue weighted by Gasteiger charge is 2.33. The minimum absolute atomic E-state index is 0.0624. The molecule has 1 atom stereocenters. The number of ketones is 1. The van der Waals surface area contributed by atoms with Crippen LogP contribution in [-0.2, 0) is 9.53 Å². The summed E-state index contributed by atoms with van der Waals surface area (Å²) in [5.41, 5.74) is 0.152. The van der Waals surface area contributed by atoms with Crippen molar-refractivity contribution in [2.45, 2.75) is 52.2 Å². The number of nitrogens with one attached hydrogen (secondary N) is 1. The summed E-state index contributed by atoms with van der Waals surface area (Å²) in [4.78, 5) is 36.7. The van der Waals surface area contributed by atoms with Crippen LogP contribution in [0.15, 0.2) is 18.2 Å². The summed E-state index contributed by atoms with van der Waals surface area (Å²) in [6, 6.07) is 4.01. The Kier molecular flexibility index (Phi) is 5.50. The van der Waals surface area contributed by atoms with Gasteiger partial charge in [0.25, 0.3) is 5.91 Å². The van der Waals surface area contributed by atoms with E-state index in [0.29, 0.717) is 23.3 Å². The number of ether oxygens (including phenoxy) is 2. The molecule has 1 unspecified atom stereocenters. The molecular weight excluding hydrogens is 322 g/mol. The van der Waals surface area contributed by atoms with Crippen molar-refractivity contribution >= 4 is 17.7 Å². The van der Waals surface area contributed by atoms with Gasteiger partial charge in [0.1, 0.15) is 17.4 Å². The summed E-state index contributed by atoms with van der Waals surface area (Å²) in [6.07, 6.45) is 0.725. The van der Waals surface area contributed by atoms with E-state index in [-0.39, 0.29) is 18.1 Å². The number of esters is 1. The molecule has 1 amide bonds. The van der Waals surface area contributed by atoms with Gasteiger partial charge in [-0.15, -0.1) is 0 Å². The number of rotatable bonds is 5. The summed E-state index contributed by atoms with van der Waals surface area (Å²) in [5.74, 6) is -0.278. The van der Waals surface area contributed by atoms with Gasteiger partial charge in [0.2, 0.25) is 0 Å². The van der Waals surface area contributed by atoms with Crippen LogP contribution < -0.4 is 10.1 Å². The molecule has 0 fully saturated rings. The number of fused-ring (bicyclic) bond motifs is 1. The zero-order valence-electron chi connectivity index (χ0n) is 15.3. The molecule has 0 saturated heterocycles. The number of carbonyl (C=O) groups is 3. The predicted molar refractivity (Wildman–Crippen MR) is 92.8 cm³/mol. The lowest BCUT2D eigenvalue weighted by Crippen LogP contribution is -2.42. The lowest BCUT2D eigenvalue weighted by atomic mass is 9.92. The Bertz CT molecular complexity index is 693. The fraction of sp³-hybridized carbons (Fsp3) is 0.526. The van der Waals surface area contributed by atoms with Gasteiger partial charge in [0.05, 0.1) is 19.1 Å². The van der Waals surface area contributed by atoms with Crippen molar-refractivity contribution in [3.63, 3.8) is 0 Å². The molecule has 1 heterocycles. The van der Waals surface area contributed by atoms with Crippen LogP contribution in [-0.4, -0.2) is 36.4 Å². The van der Waals surface area contributed by atoms with E-state index >= 15 is 0 Å². The third kappa shape index (κ3) is 4.59. The molecule has 0 aromatic heterocycles. The molecule has 0 bridgehead atoms. The lowest BCUT2D eigenvalue weighted by Gasteiger charge is -2.31. The van der Waals surface area contributed by atoms with E-state index in [9.17, 15) is 14.4 Å². The third-order valence-electron chi connectivity index (χ3n) is 4.01. The van der Waals surface area contributed by atoms with Crippen molar-refractivity contribution in [1.82, 2.24) is 5.32 Å². The zero-order valence-corrected chi connectivity index (χ0v) is 15.3. The van der Waals surface area contributed by atoms with Crippen LogP contribution in [0, 0.1) is 5.92 Å². The summed E-state index contributed by atoms with van der Waals surface area (Å²) in [7, 11) is 1.29. The molecule has 0 radical (unpaired) electrons. The second kappa shape index (κ2) is 7.25. The number of hydrogen-bond acceptors (Lipinski definition) is 5. The van der Waals surface area contributed by atoms with Crippen LogP contribution in [0.5, 0.6) is 5.75 Å². The monoisotopic (exact) mass is 347 g/mol. The standard InChI is InChI=1S/C19H25NO5/c1-11(2)8-14(18(23)24-5)20-17(22)12-6-7-16-13(9-12)15(21)10-19(3,4)25-16/h6-7,9,11,14H,8,10H2,1-5H3,(H,20,22). The van der Waals surface area contributed by atoms with Crippen LogP contribution in [0.4, 0.5) is 0 Å². The first-order valence-corrected chi connectivity index (χ1v) is 8.38. The lowest BCUT2D eigenvalue weighted by molar-refractivity contribution is -0.143. The highest BCUT2D eigenvalue weighted by Crippen LogP contribution is 2.33. The Balaban J connectivity index is 2.21. The Hall–Kier alpha value is -2.37. The SMILES string of the molecule is COC(=O)C(CC(C)C)NC(=O)c1ccc2c(c1)C(=O)CC(C)(C)O2. The first-order valence-electron chi connectivity index (χ1n) is 8.38. The molecule has 0 saturated carbocycles. The smallest absolute Gasteiger partial charge is 0.328 e. The van der Waals surface area contributed by atoms with Crippen molar-refractivity contribution in [3.05, 3.63) is 29.3 Å². The molecule has 1 aliphatic rings. The maximum atomic E-state index is 12.5. The second-order valence-corrected chi connectivity index (χ2v) is 7.35. The number of carbonyl (C=O) groups excluding carboxylic acids is 3. The predicted octanol–water partition coefficient (Wildman–Crippen LogP) is 2.75.